The number of anilines is 2. The summed E-state index contributed by atoms with van der Waals surface area (Å²) in [7, 11) is 1.66. The van der Waals surface area contributed by atoms with Gasteiger partial charge in [-0.1, -0.05) is 24.3 Å². The maximum absolute atomic E-state index is 13.9. The third-order valence-electron chi connectivity index (χ3n) is 6.97. The lowest BCUT2D eigenvalue weighted by atomic mass is 9.83. The van der Waals surface area contributed by atoms with Crippen LogP contribution in [0.5, 0.6) is 0 Å². The summed E-state index contributed by atoms with van der Waals surface area (Å²) in [5, 5.41) is 9.80. The summed E-state index contributed by atoms with van der Waals surface area (Å²) < 4.78 is 27.9. The van der Waals surface area contributed by atoms with E-state index in [0.29, 0.717) is 5.69 Å². The van der Waals surface area contributed by atoms with Crippen molar-refractivity contribution in [3.8, 4) is 11.1 Å². The maximum Gasteiger partial charge on any atom is 0.236 e. The number of aliphatic hydroxyl groups excluding tert-OH is 1. The zero-order chi connectivity index (χ0) is 25.3. The average Bonchev–Trinajstić information content (AvgIpc) is 3.31. The Morgan fingerprint density at radius 3 is 2.49 bits per heavy atom. The van der Waals surface area contributed by atoms with E-state index in [0.717, 1.165) is 48.0 Å². The minimum absolute atomic E-state index is 0.0132. The number of rotatable bonds is 6. The van der Waals surface area contributed by atoms with Crippen molar-refractivity contribution < 1.29 is 18.7 Å². The molecule has 3 aromatic rings. The molecule has 0 spiro atoms. The summed E-state index contributed by atoms with van der Waals surface area (Å²) in [6, 6.07) is 13.1. The van der Waals surface area contributed by atoms with Gasteiger partial charge >= 0.3 is 0 Å². The van der Waals surface area contributed by atoms with Gasteiger partial charge in [0.1, 0.15) is 17.5 Å². The number of halogens is 2. The van der Waals surface area contributed by atoms with Gasteiger partial charge in [0.2, 0.25) is 5.91 Å². The van der Waals surface area contributed by atoms with Crippen LogP contribution in [-0.4, -0.2) is 42.2 Å². The quantitative estimate of drug-likeness (QED) is 0.526. The molecule has 0 aliphatic carbocycles. The molecule has 0 radical (unpaired) electrons. The highest BCUT2D eigenvalue weighted by Gasteiger charge is 2.35. The Labute approximate surface area is 205 Å². The fourth-order valence-electron chi connectivity index (χ4n) is 4.85. The number of nitrogens with zero attached hydrogens (tertiary/aromatic N) is 3. The molecule has 1 fully saturated rings. The number of aryl methyl sites for hydroxylation is 1. The topological polar surface area (TPSA) is 56.7 Å². The van der Waals surface area contributed by atoms with E-state index in [9.17, 15) is 18.7 Å². The molecule has 1 amide bonds. The number of aliphatic hydroxyl groups is 1. The number of carbonyl (C=O) groups is 1. The summed E-state index contributed by atoms with van der Waals surface area (Å²) in [5.74, 6) is -1.02. The van der Waals surface area contributed by atoms with Gasteiger partial charge in [-0.3, -0.25) is 4.79 Å². The van der Waals surface area contributed by atoms with Crippen molar-refractivity contribution >= 4 is 17.4 Å². The van der Waals surface area contributed by atoms with Gasteiger partial charge in [-0.2, -0.15) is 0 Å². The lowest BCUT2D eigenvalue weighted by molar-refractivity contribution is -0.122. The van der Waals surface area contributed by atoms with Crippen molar-refractivity contribution in [3.05, 3.63) is 77.5 Å². The molecule has 2 heterocycles. The molecule has 2 aromatic carbocycles. The van der Waals surface area contributed by atoms with E-state index < -0.39 is 17.0 Å². The minimum Gasteiger partial charge on any atom is -0.394 e. The molecule has 5 nitrogen and oxygen atoms in total. The van der Waals surface area contributed by atoms with E-state index in [1.807, 2.05) is 37.3 Å². The summed E-state index contributed by atoms with van der Waals surface area (Å²) in [6.45, 7) is 6.18. The number of carbonyl (C=O) groups excluding carboxylic acids is 1. The lowest BCUT2D eigenvalue weighted by Gasteiger charge is -2.32. The van der Waals surface area contributed by atoms with E-state index in [1.54, 1.807) is 27.1 Å². The largest absolute Gasteiger partial charge is 0.394 e. The molecule has 35 heavy (non-hydrogen) atoms. The van der Waals surface area contributed by atoms with Gasteiger partial charge in [0.15, 0.2) is 0 Å². The van der Waals surface area contributed by atoms with Crippen LogP contribution in [0, 0.1) is 18.6 Å². The first-order chi connectivity index (χ1) is 16.6. The number of benzene rings is 2. The molecule has 1 aromatic heterocycles. The predicted octanol–water partition coefficient (Wildman–Crippen LogP) is 5.24. The summed E-state index contributed by atoms with van der Waals surface area (Å²) in [5.41, 5.74) is 2.50. The van der Waals surface area contributed by atoms with Crippen molar-refractivity contribution in [3.63, 3.8) is 0 Å². The first kappa shape index (κ1) is 24.8. The summed E-state index contributed by atoms with van der Waals surface area (Å²) >= 11 is 0. The van der Waals surface area contributed by atoms with Crippen molar-refractivity contribution in [2.45, 2.75) is 45.1 Å². The molecule has 4 rings (SSSR count). The Kier molecular flexibility index (Phi) is 6.90. The van der Waals surface area contributed by atoms with Crippen LogP contribution in [0.15, 0.2) is 54.7 Å². The summed E-state index contributed by atoms with van der Waals surface area (Å²) in [6.07, 6.45) is 3.55. The molecule has 7 heteroatoms. The second-order valence-electron chi connectivity index (χ2n) is 9.69. The Morgan fingerprint density at radius 1 is 1.14 bits per heavy atom. The van der Waals surface area contributed by atoms with Gasteiger partial charge in [0, 0.05) is 25.2 Å². The summed E-state index contributed by atoms with van der Waals surface area (Å²) in [4.78, 5) is 22.0. The Hall–Kier alpha value is -3.32. The number of likely N-dealkylation sites (N-methyl/N-ethyl adjacent to an activating group) is 1. The van der Waals surface area contributed by atoms with Gasteiger partial charge < -0.3 is 14.9 Å². The van der Waals surface area contributed by atoms with E-state index in [2.05, 4.69) is 9.88 Å². The lowest BCUT2D eigenvalue weighted by Crippen LogP contribution is -2.42. The van der Waals surface area contributed by atoms with Crippen LogP contribution in [-0.2, 0) is 10.2 Å². The molecule has 1 N–H and O–H groups in total. The SMILES string of the molecule is Cc1ccccc1-c1cc(N2CCCC2CO)ncc1N(C)C(=O)C(C)(C)c1cc(F)cc(F)c1. The van der Waals surface area contributed by atoms with Gasteiger partial charge in [0.25, 0.3) is 0 Å². The van der Waals surface area contributed by atoms with Crippen LogP contribution in [0.3, 0.4) is 0 Å². The number of pyridine rings is 1. The normalized spacial score (nSPS) is 16.0. The first-order valence-electron chi connectivity index (χ1n) is 11.8. The molecular weight excluding hydrogens is 448 g/mol. The van der Waals surface area contributed by atoms with Crippen LogP contribution in [0.4, 0.5) is 20.3 Å². The Bertz CT molecular complexity index is 1220. The zero-order valence-electron chi connectivity index (χ0n) is 20.6. The molecule has 184 valence electrons. The molecule has 1 saturated heterocycles. The number of hydrogen-bond acceptors (Lipinski definition) is 4. The minimum atomic E-state index is -1.18. The fourth-order valence-corrected chi connectivity index (χ4v) is 4.85. The highest BCUT2D eigenvalue weighted by molar-refractivity contribution is 6.03. The molecule has 1 aliphatic heterocycles. The van der Waals surface area contributed by atoms with Crippen LogP contribution in [0.2, 0.25) is 0 Å². The van der Waals surface area contributed by atoms with Gasteiger partial charge in [-0.05, 0) is 68.5 Å². The second-order valence-corrected chi connectivity index (χ2v) is 9.69. The first-order valence-corrected chi connectivity index (χ1v) is 11.8. The van der Waals surface area contributed by atoms with Crippen molar-refractivity contribution in [1.29, 1.82) is 0 Å². The van der Waals surface area contributed by atoms with Gasteiger partial charge in [-0.25, -0.2) is 13.8 Å². The number of amides is 1. The van der Waals surface area contributed by atoms with Gasteiger partial charge in [-0.15, -0.1) is 0 Å². The van der Waals surface area contributed by atoms with Crippen molar-refractivity contribution in [2.75, 3.05) is 30.0 Å². The Balaban J connectivity index is 1.79. The molecule has 0 bridgehead atoms. The predicted molar refractivity (Wildman–Crippen MR) is 135 cm³/mol. The second kappa shape index (κ2) is 9.74. The van der Waals surface area contributed by atoms with Crippen LogP contribution >= 0.6 is 0 Å². The average molecular weight is 480 g/mol. The van der Waals surface area contributed by atoms with Crippen molar-refractivity contribution in [2.24, 2.45) is 0 Å². The third-order valence-corrected chi connectivity index (χ3v) is 6.97. The molecule has 0 saturated carbocycles. The highest BCUT2D eigenvalue weighted by Crippen LogP contribution is 2.38. The van der Waals surface area contributed by atoms with Crippen molar-refractivity contribution in [1.82, 2.24) is 4.98 Å². The molecule has 1 aliphatic rings. The molecule has 1 unspecified atom stereocenters. The standard InChI is InChI=1S/C28H31F2N3O2/c1-18-8-5-6-10-23(18)24-15-26(33-11-7-9-22(33)17-34)31-16-25(24)32(4)27(35)28(2,3)19-12-20(29)14-21(30)13-19/h5-6,8,10,12-16,22,34H,7,9,11,17H2,1-4H3. The number of hydrogen-bond donors (Lipinski definition) is 1. The fraction of sp³-hybridized carbons (Fsp3) is 0.357. The smallest absolute Gasteiger partial charge is 0.236 e. The van der Waals surface area contributed by atoms with E-state index in [4.69, 9.17) is 0 Å². The monoisotopic (exact) mass is 479 g/mol. The molecular formula is C28H31F2N3O2. The maximum atomic E-state index is 13.9. The van der Waals surface area contributed by atoms with Crippen LogP contribution in [0.25, 0.3) is 11.1 Å². The van der Waals surface area contributed by atoms with E-state index in [1.165, 1.54) is 17.0 Å². The third kappa shape index (κ3) is 4.78. The zero-order valence-corrected chi connectivity index (χ0v) is 20.6. The Morgan fingerprint density at radius 2 is 1.83 bits per heavy atom. The van der Waals surface area contributed by atoms with Crippen LogP contribution in [0.1, 0.15) is 37.8 Å². The number of aromatic nitrogens is 1. The van der Waals surface area contributed by atoms with Gasteiger partial charge in [0.05, 0.1) is 29.9 Å². The highest BCUT2D eigenvalue weighted by atomic mass is 19.1. The van der Waals surface area contributed by atoms with Crippen LogP contribution < -0.4 is 9.80 Å². The van der Waals surface area contributed by atoms with E-state index in [-0.39, 0.29) is 24.1 Å². The van der Waals surface area contributed by atoms with E-state index >= 15 is 0 Å². The molecule has 1 atom stereocenters.